The van der Waals surface area contributed by atoms with Crippen LogP contribution in [0.1, 0.15) is 25.3 Å². The Hall–Kier alpha value is -3.64. The van der Waals surface area contributed by atoms with Gasteiger partial charge >= 0.3 is 6.03 Å². The van der Waals surface area contributed by atoms with Crippen LogP contribution >= 0.6 is 0 Å². The molecule has 2 aromatic carbocycles. The molecule has 1 atom stereocenters. The fourth-order valence-corrected chi connectivity index (χ4v) is 6.04. The number of fused-ring (bicyclic) bond motifs is 1. The molecule has 0 unspecified atom stereocenters. The fraction of sp³-hybridized carbons (Fsp3) is 0.375. The maximum Gasteiger partial charge on any atom is 0.325 e. The van der Waals surface area contributed by atoms with Gasteiger partial charge in [0.2, 0.25) is 15.9 Å². The maximum absolute atomic E-state index is 13.2. The van der Waals surface area contributed by atoms with E-state index in [1.807, 2.05) is 0 Å². The Morgan fingerprint density at radius 1 is 1.03 bits per heavy atom. The minimum Gasteiger partial charge on any atom is -0.486 e. The summed E-state index contributed by atoms with van der Waals surface area (Å²) in [4.78, 5) is 39.4. The van der Waals surface area contributed by atoms with Crippen LogP contribution in [0.3, 0.4) is 0 Å². The second-order valence-corrected chi connectivity index (χ2v) is 10.9. The third kappa shape index (κ3) is 4.26. The van der Waals surface area contributed by atoms with Gasteiger partial charge in [0, 0.05) is 18.8 Å². The van der Waals surface area contributed by atoms with Gasteiger partial charge in [0.25, 0.3) is 5.91 Å². The van der Waals surface area contributed by atoms with Crippen molar-refractivity contribution >= 4 is 33.6 Å². The molecule has 2 saturated heterocycles. The molecule has 0 radical (unpaired) electrons. The van der Waals surface area contributed by atoms with Crippen molar-refractivity contribution < 1.29 is 32.3 Å². The van der Waals surface area contributed by atoms with E-state index in [0.29, 0.717) is 49.1 Å². The van der Waals surface area contributed by atoms with Gasteiger partial charge < -0.3 is 20.1 Å². The maximum atomic E-state index is 13.2. The van der Waals surface area contributed by atoms with Crippen LogP contribution in [-0.2, 0) is 25.2 Å². The first-order valence-electron chi connectivity index (χ1n) is 11.6. The highest BCUT2D eigenvalue weighted by Gasteiger charge is 2.49. The number of nitrogens with one attached hydrogen (secondary N) is 2. The molecule has 2 fully saturated rings. The zero-order chi connectivity index (χ0) is 25.5. The van der Waals surface area contributed by atoms with Gasteiger partial charge in [-0.15, -0.1) is 0 Å². The summed E-state index contributed by atoms with van der Waals surface area (Å²) in [7, 11) is -3.56. The van der Waals surface area contributed by atoms with Gasteiger partial charge in [-0.05, 0) is 61.7 Å². The zero-order valence-corrected chi connectivity index (χ0v) is 20.5. The highest BCUT2D eigenvalue weighted by Crippen LogP contribution is 2.36. The summed E-state index contributed by atoms with van der Waals surface area (Å²) in [6.45, 7) is 2.87. The van der Waals surface area contributed by atoms with Crippen LogP contribution in [0.5, 0.6) is 11.5 Å². The summed E-state index contributed by atoms with van der Waals surface area (Å²) in [6.07, 6.45) is 1.67. The predicted octanol–water partition coefficient (Wildman–Crippen LogP) is 1.65. The molecule has 190 valence electrons. The van der Waals surface area contributed by atoms with Crippen molar-refractivity contribution in [3.05, 3.63) is 48.0 Å². The third-order valence-electron chi connectivity index (χ3n) is 6.54. The number of hydrogen-bond acceptors (Lipinski definition) is 7. The quantitative estimate of drug-likeness (QED) is 0.560. The van der Waals surface area contributed by atoms with Gasteiger partial charge in [-0.2, -0.15) is 4.31 Å². The lowest BCUT2D eigenvalue weighted by atomic mass is 9.91. The molecule has 11 nitrogen and oxygen atoms in total. The molecular weight excluding hydrogens is 488 g/mol. The molecule has 4 amide bonds. The van der Waals surface area contributed by atoms with Gasteiger partial charge in [-0.3, -0.25) is 14.5 Å². The second-order valence-electron chi connectivity index (χ2n) is 8.99. The van der Waals surface area contributed by atoms with Crippen LogP contribution in [0, 0.1) is 0 Å². The lowest BCUT2D eigenvalue weighted by Crippen LogP contribution is -2.42. The zero-order valence-electron chi connectivity index (χ0n) is 19.7. The fourth-order valence-electron chi connectivity index (χ4n) is 4.52. The number of carbonyl (C=O) groups is 3. The molecule has 3 heterocycles. The summed E-state index contributed by atoms with van der Waals surface area (Å²) in [5.41, 5.74) is -0.525. The Kier molecular flexibility index (Phi) is 6.08. The van der Waals surface area contributed by atoms with E-state index < -0.39 is 40.0 Å². The molecule has 0 aromatic heterocycles. The first-order valence-corrected chi connectivity index (χ1v) is 13.1. The SMILES string of the molecule is C[C@@]1(c2ccc3c(c2)OCCO3)NC(=O)N(CC(=O)Nc2ccc(S(=O)(=O)N3CCCC3)cc2)C1=O. The highest BCUT2D eigenvalue weighted by molar-refractivity contribution is 7.89. The first kappa shape index (κ1) is 24.1. The molecule has 36 heavy (non-hydrogen) atoms. The molecule has 5 rings (SSSR count). The van der Waals surface area contributed by atoms with Gasteiger partial charge in [0.1, 0.15) is 25.3 Å². The van der Waals surface area contributed by atoms with Crippen molar-refractivity contribution in [2.75, 3.05) is 38.2 Å². The first-order chi connectivity index (χ1) is 17.2. The molecule has 0 saturated carbocycles. The Morgan fingerprint density at radius 2 is 1.69 bits per heavy atom. The number of rotatable bonds is 6. The molecule has 2 aromatic rings. The monoisotopic (exact) mass is 514 g/mol. The number of urea groups is 1. The third-order valence-corrected chi connectivity index (χ3v) is 8.45. The van der Waals surface area contributed by atoms with Gasteiger partial charge in [-0.1, -0.05) is 6.07 Å². The Balaban J connectivity index is 1.25. The van der Waals surface area contributed by atoms with E-state index in [1.54, 1.807) is 25.1 Å². The van der Waals surface area contributed by atoms with E-state index in [1.165, 1.54) is 28.6 Å². The summed E-state index contributed by atoms with van der Waals surface area (Å²) in [5, 5.41) is 5.27. The minimum atomic E-state index is -3.56. The molecular formula is C24H26N4O7S. The van der Waals surface area contributed by atoms with Gasteiger partial charge in [-0.25, -0.2) is 13.2 Å². The van der Waals surface area contributed by atoms with Crippen LogP contribution in [0.15, 0.2) is 47.4 Å². The standard InChI is InChI=1S/C24H26N4O7S/c1-24(16-4-9-19-20(14-16)35-13-12-34-19)22(30)28(23(31)26-24)15-21(29)25-17-5-7-18(8-6-17)36(32,33)27-10-2-3-11-27/h4-9,14H,2-3,10-13,15H2,1H3,(H,25,29)(H,26,31)/t24-/m0/s1. The van der Waals surface area contributed by atoms with Crippen molar-refractivity contribution in [1.82, 2.24) is 14.5 Å². The predicted molar refractivity (Wildman–Crippen MR) is 128 cm³/mol. The summed E-state index contributed by atoms with van der Waals surface area (Å²) < 4.78 is 37.9. The van der Waals surface area contributed by atoms with Crippen molar-refractivity contribution in [3.63, 3.8) is 0 Å². The van der Waals surface area contributed by atoms with Crippen molar-refractivity contribution in [1.29, 1.82) is 0 Å². The number of benzene rings is 2. The number of hydrogen-bond donors (Lipinski definition) is 2. The van der Waals surface area contributed by atoms with Crippen LogP contribution in [-0.4, -0.2) is 68.3 Å². The molecule has 12 heteroatoms. The van der Waals surface area contributed by atoms with Crippen molar-refractivity contribution in [2.24, 2.45) is 0 Å². The van der Waals surface area contributed by atoms with Gasteiger partial charge in [0.05, 0.1) is 4.90 Å². The number of amides is 4. The smallest absolute Gasteiger partial charge is 0.325 e. The Labute approximate surface area is 208 Å². The lowest BCUT2D eigenvalue weighted by molar-refractivity contribution is -0.133. The average Bonchev–Trinajstić information content (AvgIpc) is 3.49. The van der Waals surface area contributed by atoms with E-state index in [9.17, 15) is 22.8 Å². The second kappa shape index (κ2) is 9.10. The van der Waals surface area contributed by atoms with Crippen LogP contribution < -0.4 is 20.1 Å². The van der Waals surface area contributed by atoms with E-state index in [0.717, 1.165) is 17.7 Å². The molecule has 3 aliphatic rings. The Morgan fingerprint density at radius 3 is 2.39 bits per heavy atom. The minimum absolute atomic E-state index is 0.145. The number of ether oxygens (including phenoxy) is 2. The number of imide groups is 1. The van der Waals surface area contributed by atoms with E-state index in [4.69, 9.17) is 9.47 Å². The van der Waals surface area contributed by atoms with E-state index in [2.05, 4.69) is 10.6 Å². The summed E-state index contributed by atoms with van der Waals surface area (Å²) >= 11 is 0. The number of carbonyl (C=O) groups excluding carboxylic acids is 3. The molecule has 0 aliphatic carbocycles. The number of sulfonamides is 1. The van der Waals surface area contributed by atoms with Crippen molar-refractivity contribution in [2.45, 2.75) is 30.2 Å². The number of nitrogens with zero attached hydrogens (tertiary/aromatic N) is 2. The van der Waals surface area contributed by atoms with Crippen LogP contribution in [0.25, 0.3) is 0 Å². The molecule has 2 N–H and O–H groups in total. The lowest BCUT2D eigenvalue weighted by Gasteiger charge is -2.25. The van der Waals surface area contributed by atoms with Crippen LogP contribution in [0.4, 0.5) is 10.5 Å². The largest absolute Gasteiger partial charge is 0.486 e. The molecule has 0 spiro atoms. The van der Waals surface area contributed by atoms with Crippen LogP contribution in [0.2, 0.25) is 0 Å². The van der Waals surface area contributed by atoms with E-state index in [-0.39, 0.29) is 4.90 Å². The topological polar surface area (TPSA) is 134 Å². The Bertz CT molecular complexity index is 1320. The highest BCUT2D eigenvalue weighted by atomic mass is 32.2. The van der Waals surface area contributed by atoms with Crippen molar-refractivity contribution in [3.8, 4) is 11.5 Å². The van der Waals surface area contributed by atoms with E-state index >= 15 is 0 Å². The summed E-state index contributed by atoms with van der Waals surface area (Å²) in [6, 6.07) is 10.1. The average molecular weight is 515 g/mol. The van der Waals surface area contributed by atoms with Gasteiger partial charge in [0.15, 0.2) is 11.5 Å². The molecule has 0 bridgehead atoms. The normalized spacial score (nSPS) is 22.0. The molecule has 3 aliphatic heterocycles. The number of anilines is 1. The summed E-state index contributed by atoms with van der Waals surface area (Å²) in [5.74, 6) is -0.138.